The lowest BCUT2D eigenvalue weighted by molar-refractivity contribution is -0.385. The molecule has 0 fully saturated rings. The van der Waals surface area contributed by atoms with E-state index in [1.54, 1.807) is 0 Å². The van der Waals surface area contributed by atoms with E-state index in [2.05, 4.69) is 4.74 Å². The molecule has 0 heterocycles. The summed E-state index contributed by atoms with van der Waals surface area (Å²) in [5.41, 5.74) is -0.147. The van der Waals surface area contributed by atoms with Crippen molar-refractivity contribution in [1.82, 2.24) is 0 Å². The molecular formula is C7H6NO4. The lowest BCUT2D eigenvalue weighted by Crippen LogP contribution is -1.89. The van der Waals surface area contributed by atoms with Gasteiger partial charge in [0.1, 0.15) is 0 Å². The summed E-state index contributed by atoms with van der Waals surface area (Å²) in [6.45, 7) is 0. The van der Waals surface area contributed by atoms with E-state index in [-0.39, 0.29) is 17.2 Å². The summed E-state index contributed by atoms with van der Waals surface area (Å²) in [7, 11) is 1.29. The molecule has 0 saturated heterocycles. The number of ether oxygens (including phenoxy) is 1. The summed E-state index contributed by atoms with van der Waals surface area (Å²) < 4.78 is 4.62. The van der Waals surface area contributed by atoms with Crippen molar-refractivity contribution in [2.24, 2.45) is 0 Å². The predicted octanol–water partition coefficient (Wildman–Crippen LogP) is 1.75. The summed E-state index contributed by atoms with van der Waals surface area (Å²) >= 11 is 0. The molecule has 0 amide bonds. The number of benzene rings is 1. The third kappa shape index (κ3) is 1.45. The molecule has 0 aliphatic rings. The molecule has 0 spiro atoms. The van der Waals surface area contributed by atoms with Crippen molar-refractivity contribution in [2.75, 3.05) is 7.11 Å². The Morgan fingerprint density at radius 3 is 2.67 bits per heavy atom. The van der Waals surface area contributed by atoms with Gasteiger partial charge in [-0.3, -0.25) is 15.2 Å². The Balaban J connectivity index is 3.13. The van der Waals surface area contributed by atoms with Crippen LogP contribution in [0.4, 0.5) is 5.69 Å². The van der Waals surface area contributed by atoms with Crippen LogP contribution in [0.5, 0.6) is 11.5 Å². The molecule has 0 N–H and O–H groups in total. The number of nitrogens with zero attached hydrogens (tertiary/aromatic N) is 1. The molecule has 12 heavy (non-hydrogen) atoms. The third-order valence-electron chi connectivity index (χ3n) is 1.36. The van der Waals surface area contributed by atoms with E-state index < -0.39 is 4.92 Å². The average molecular weight is 168 g/mol. The van der Waals surface area contributed by atoms with E-state index in [1.165, 1.54) is 7.11 Å². The highest BCUT2D eigenvalue weighted by molar-refractivity contribution is 5.47. The van der Waals surface area contributed by atoms with Gasteiger partial charge in [-0.05, 0) is 6.07 Å². The largest absolute Gasteiger partial charge is 0.492 e. The summed E-state index contributed by atoms with van der Waals surface area (Å²) in [6, 6.07) is 3.35. The Kier molecular flexibility index (Phi) is 2.14. The van der Waals surface area contributed by atoms with Crippen LogP contribution in [-0.2, 0) is 5.11 Å². The van der Waals surface area contributed by atoms with Gasteiger partial charge in [0, 0.05) is 6.07 Å². The van der Waals surface area contributed by atoms with Gasteiger partial charge < -0.3 is 4.74 Å². The van der Waals surface area contributed by atoms with Crippen molar-refractivity contribution in [3.05, 3.63) is 28.3 Å². The van der Waals surface area contributed by atoms with Crippen LogP contribution < -0.4 is 4.74 Å². The molecule has 0 aliphatic heterocycles. The maximum absolute atomic E-state index is 10.9. The number of hydrogen-bond acceptors (Lipinski definition) is 3. The molecule has 1 aromatic carbocycles. The number of non-ortho nitro benzene ring substituents is 1. The normalized spacial score (nSPS) is 9.42. The van der Waals surface area contributed by atoms with Gasteiger partial charge in [0.2, 0.25) is 5.75 Å². The molecule has 5 heteroatoms. The number of rotatable bonds is 2. The molecule has 0 aliphatic carbocycles. The van der Waals surface area contributed by atoms with Crippen LogP contribution in [0.2, 0.25) is 0 Å². The minimum atomic E-state index is -0.581. The number of hydrogen-bond donors (Lipinski definition) is 0. The quantitative estimate of drug-likeness (QED) is 0.498. The lowest BCUT2D eigenvalue weighted by atomic mass is 10.3. The maximum Gasteiger partial charge on any atom is 0.273 e. The second kappa shape index (κ2) is 3.08. The number of nitro groups is 1. The van der Waals surface area contributed by atoms with E-state index in [4.69, 9.17) is 0 Å². The highest BCUT2D eigenvalue weighted by atomic mass is 16.6. The van der Waals surface area contributed by atoms with E-state index >= 15 is 0 Å². The van der Waals surface area contributed by atoms with Gasteiger partial charge in [0.15, 0.2) is 5.75 Å². The van der Waals surface area contributed by atoms with Crippen LogP contribution in [0.15, 0.2) is 18.2 Å². The first kappa shape index (κ1) is 8.32. The Labute approximate surface area is 68.4 Å². The SMILES string of the molecule is COc1cc([N+](=O)[O-])ccc1[O]. The lowest BCUT2D eigenvalue weighted by Gasteiger charge is -1.98. The van der Waals surface area contributed by atoms with Crippen molar-refractivity contribution in [3.8, 4) is 11.5 Å². The van der Waals surface area contributed by atoms with Crippen LogP contribution in [-0.4, -0.2) is 12.0 Å². The second-order valence-electron chi connectivity index (χ2n) is 2.09. The first-order valence-corrected chi connectivity index (χ1v) is 3.14. The van der Waals surface area contributed by atoms with Crippen LogP contribution in [0, 0.1) is 10.1 Å². The topological polar surface area (TPSA) is 72.3 Å². The Hall–Kier alpha value is -1.78. The fraction of sp³-hybridized carbons (Fsp3) is 0.143. The Morgan fingerprint density at radius 1 is 1.50 bits per heavy atom. The molecule has 0 atom stereocenters. The molecule has 0 unspecified atom stereocenters. The second-order valence-corrected chi connectivity index (χ2v) is 2.09. The first-order valence-electron chi connectivity index (χ1n) is 3.14. The van der Waals surface area contributed by atoms with Crippen molar-refractivity contribution in [2.45, 2.75) is 0 Å². The molecular weight excluding hydrogens is 162 g/mol. The fourth-order valence-electron chi connectivity index (χ4n) is 0.770. The van der Waals surface area contributed by atoms with E-state index in [0.717, 1.165) is 18.2 Å². The summed E-state index contributed by atoms with van der Waals surface area (Å²) in [6.07, 6.45) is 0. The van der Waals surface area contributed by atoms with Gasteiger partial charge >= 0.3 is 0 Å². The van der Waals surface area contributed by atoms with Gasteiger partial charge in [-0.2, -0.15) is 0 Å². The number of methoxy groups -OCH3 is 1. The van der Waals surface area contributed by atoms with Crippen molar-refractivity contribution < 1.29 is 14.8 Å². The smallest absolute Gasteiger partial charge is 0.273 e. The van der Waals surface area contributed by atoms with Crippen LogP contribution >= 0.6 is 0 Å². The van der Waals surface area contributed by atoms with Gasteiger partial charge in [0.25, 0.3) is 5.69 Å². The van der Waals surface area contributed by atoms with E-state index in [1.807, 2.05) is 0 Å². The molecule has 63 valence electrons. The molecule has 0 aromatic heterocycles. The van der Waals surface area contributed by atoms with E-state index in [9.17, 15) is 15.2 Å². The van der Waals surface area contributed by atoms with Crippen LogP contribution in [0.25, 0.3) is 0 Å². The minimum absolute atomic E-state index is 0.01000. The van der Waals surface area contributed by atoms with Crippen molar-refractivity contribution in [1.29, 1.82) is 0 Å². The van der Waals surface area contributed by atoms with Crippen molar-refractivity contribution >= 4 is 5.69 Å². The van der Waals surface area contributed by atoms with Crippen LogP contribution in [0.1, 0.15) is 0 Å². The molecule has 1 aromatic rings. The molecule has 5 nitrogen and oxygen atoms in total. The van der Waals surface area contributed by atoms with Gasteiger partial charge in [-0.1, -0.05) is 0 Å². The molecule has 0 bridgehead atoms. The van der Waals surface area contributed by atoms with Gasteiger partial charge in [-0.15, -0.1) is 0 Å². The highest BCUT2D eigenvalue weighted by Gasteiger charge is 2.10. The summed E-state index contributed by atoms with van der Waals surface area (Å²) in [5, 5.41) is 21.1. The monoisotopic (exact) mass is 168 g/mol. The standard InChI is InChI=1S/C7H6NO4/c1-12-7-4-5(8(10)11)2-3-6(7)9/h2-4H,1H3. The molecule has 0 saturated carbocycles. The first-order chi connectivity index (χ1) is 5.65. The Morgan fingerprint density at radius 2 is 2.17 bits per heavy atom. The summed E-state index contributed by atoms with van der Waals surface area (Å²) in [4.78, 5) is 9.65. The average Bonchev–Trinajstić information content (AvgIpc) is 2.05. The van der Waals surface area contributed by atoms with Gasteiger partial charge in [-0.25, -0.2) is 0 Å². The van der Waals surface area contributed by atoms with Crippen LogP contribution in [0.3, 0.4) is 0 Å². The molecule has 1 rings (SSSR count). The maximum atomic E-state index is 10.9. The van der Waals surface area contributed by atoms with Gasteiger partial charge in [0.05, 0.1) is 18.1 Å². The summed E-state index contributed by atoms with van der Waals surface area (Å²) in [5.74, 6) is -0.368. The zero-order valence-electron chi connectivity index (χ0n) is 6.31. The zero-order valence-corrected chi connectivity index (χ0v) is 6.31. The Bertz CT molecular complexity index is 310. The zero-order chi connectivity index (χ0) is 9.14. The minimum Gasteiger partial charge on any atom is -0.492 e. The fourth-order valence-corrected chi connectivity index (χ4v) is 0.770. The predicted molar refractivity (Wildman–Crippen MR) is 39.8 cm³/mol. The third-order valence-corrected chi connectivity index (χ3v) is 1.36. The molecule has 1 radical (unpaired) electrons. The van der Waals surface area contributed by atoms with Crippen molar-refractivity contribution in [3.63, 3.8) is 0 Å². The highest BCUT2D eigenvalue weighted by Crippen LogP contribution is 2.29. The van der Waals surface area contributed by atoms with E-state index in [0.29, 0.717) is 0 Å². The number of nitro benzene ring substituents is 1.